The van der Waals surface area contributed by atoms with Crippen molar-refractivity contribution in [2.24, 2.45) is 0 Å². The molecule has 9 heteroatoms. The second-order valence-electron chi connectivity index (χ2n) is 5.64. The summed E-state index contributed by atoms with van der Waals surface area (Å²) in [5, 5.41) is 0. The molecule has 2 atom stereocenters. The van der Waals surface area contributed by atoms with Gasteiger partial charge in [-0.25, -0.2) is 0 Å². The molecule has 0 fully saturated rings. The molecule has 0 aliphatic carbocycles. The van der Waals surface area contributed by atoms with Gasteiger partial charge in [-0.2, -0.15) is 0 Å². The summed E-state index contributed by atoms with van der Waals surface area (Å²) < 4.78 is 36.3. The quantitative estimate of drug-likeness (QED) is 0.398. The Morgan fingerprint density at radius 2 is 1.46 bits per heavy atom. The standard InChI is InChI=1S/C15H28O7P2/c1-13(2)7-5-8-14(3)9-6-10-15(4)11-12-21-24(19,20)22-23(16,17)18/h7,9,11H,5-6,8,10,12H2,1-4H3,(H,19,20)(H2,16,17,18)/p-3/b14-9+,15-11+/i12T. The lowest BCUT2D eigenvalue weighted by Crippen LogP contribution is -2.19. The lowest BCUT2D eigenvalue weighted by atomic mass is 10.1. The maximum Gasteiger partial charge on any atom is 0.272 e. The summed E-state index contributed by atoms with van der Waals surface area (Å²) in [6, 6.07) is 0. The van der Waals surface area contributed by atoms with E-state index in [-0.39, 0.29) is 0 Å². The Hall–Kier alpha value is -0.520. The smallest absolute Gasteiger partial charge is 0.272 e. The first kappa shape index (κ1) is 21.5. The van der Waals surface area contributed by atoms with Crippen LogP contribution in [0.5, 0.6) is 0 Å². The minimum atomic E-state index is -5.74. The van der Waals surface area contributed by atoms with E-state index < -0.39 is 22.2 Å². The molecular weight excluding hydrogens is 354 g/mol. The second-order valence-corrected chi connectivity index (χ2v) is 8.29. The van der Waals surface area contributed by atoms with Crippen molar-refractivity contribution in [1.82, 2.24) is 0 Å². The third-order valence-electron chi connectivity index (χ3n) is 2.87. The van der Waals surface area contributed by atoms with Crippen LogP contribution in [0.3, 0.4) is 0 Å². The molecule has 0 heterocycles. The normalized spacial score (nSPS) is 17.9. The van der Waals surface area contributed by atoms with Crippen molar-refractivity contribution in [2.45, 2.75) is 53.4 Å². The van der Waals surface area contributed by atoms with E-state index in [2.05, 4.69) is 21.0 Å². The summed E-state index contributed by atoms with van der Waals surface area (Å²) in [5.74, 6) is 0. The summed E-state index contributed by atoms with van der Waals surface area (Å²) >= 11 is 0. The van der Waals surface area contributed by atoms with E-state index in [4.69, 9.17) is 1.37 Å². The molecule has 0 saturated heterocycles. The largest absolute Gasteiger partial charge is 0.790 e. The van der Waals surface area contributed by atoms with E-state index in [0.717, 1.165) is 19.3 Å². The van der Waals surface area contributed by atoms with Crippen molar-refractivity contribution in [1.29, 1.82) is 0 Å². The lowest BCUT2D eigenvalue weighted by Gasteiger charge is -2.34. The third kappa shape index (κ3) is 15.0. The van der Waals surface area contributed by atoms with Crippen molar-refractivity contribution in [3.05, 3.63) is 34.9 Å². The number of hydrogen-bond donors (Lipinski definition) is 0. The van der Waals surface area contributed by atoms with Gasteiger partial charge in [0.25, 0.3) is 7.82 Å². The Bertz CT molecular complexity index is 603. The van der Waals surface area contributed by atoms with Crippen LogP contribution >= 0.6 is 15.6 Å². The number of phosphoric acid groups is 2. The Morgan fingerprint density at radius 3 is 1.96 bits per heavy atom. The highest BCUT2D eigenvalue weighted by Gasteiger charge is 2.10. The van der Waals surface area contributed by atoms with E-state index in [1.165, 1.54) is 17.2 Å². The SMILES string of the molecule is [3H]C(/C=C(\C)CC/C=C(\C)CCC=C(C)C)OP(=O)([O-])OP(=O)([O-])[O-]. The van der Waals surface area contributed by atoms with Gasteiger partial charge < -0.3 is 23.8 Å². The molecule has 0 aliphatic rings. The minimum Gasteiger partial charge on any atom is -0.790 e. The van der Waals surface area contributed by atoms with Crippen molar-refractivity contribution >= 4 is 15.6 Å². The van der Waals surface area contributed by atoms with Gasteiger partial charge in [0.1, 0.15) is 0 Å². The van der Waals surface area contributed by atoms with Crippen LogP contribution in [0.25, 0.3) is 0 Å². The minimum absolute atomic E-state index is 0.588. The predicted molar refractivity (Wildman–Crippen MR) is 87.7 cm³/mol. The van der Waals surface area contributed by atoms with Crippen LogP contribution in [0.15, 0.2) is 34.9 Å². The van der Waals surface area contributed by atoms with Gasteiger partial charge in [-0.3, -0.25) is 8.88 Å². The summed E-state index contributed by atoms with van der Waals surface area (Å²) in [7, 11) is -11.1. The highest BCUT2D eigenvalue weighted by molar-refractivity contribution is 7.58. The first-order chi connectivity index (χ1) is 11.3. The highest BCUT2D eigenvalue weighted by Crippen LogP contribution is 2.50. The molecule has 140 valence electrons. The fraction of sp³-hybridized carbons (Fsp3) is 0.600. The van der Waals surface area contributed by atoms with Gasteiger partial charge in [0.15, 0.2) is 0 Å². The fourth-order valence-electron chi connectivity index (χ4n) is 1.68. The molecule has 0 bridgehead atoms. The maximum absolute atomic E-state index is 11.1. The Balaban J connectivity index is 4.41. The molecule has 0 N–H and O–H groups in total. The number of phosphoric ester groups is 1. The molecule has 0 amide bonds. The van der Waals surface area contributed by atoms with Gasteiger partial charge in [-0.1, -0.05) is 34.9 Å². The predicted octanol–water partition coefficient (Wildman–Crippen LogP) is 2.74. The van der Waals surface area contributed by atoms with Crippen LogP contribution in [-0.2, 0) is 18.0 Å². The van der Waals surface area contributed by atoms with Gasteiger partial charge in [0.05, 0.1) is 15.8 Å². The van der Waals surface area contributed by atoms with E-state index >= 15 is 0 Å². The molecule has 0 aromatic rings. The average molecular weight is 381 g/mol. The second kappa shape index (κ2) is 11.2. The monoisotopic (exact) mass is 381 g/mol. The highest BCUT2D eigenvalue weighted by atomic mass is 31.3. The molecule has 0 rings (SSSR count). The van der Waals surface area contributed by atoms with Gasteiger partial charge >= 0.3 is 0 Å². The number of hydrogen-bond acceptors (Lipinski definition) is 7. The van der Waals surface area contributed by atoms with Gasteiger partial charge in [0, 0.05) is 0 Å². The van der Waals surface area contributed by atoms with E-state index in [1.54, 1.807) is 6.92 Å². The first-order valence-electron chi connectivity index (χ1n) is 8.00. The molecule has 24 heavy (non-hydrogen) atoms. The van der Waals surface area contributed by atoms with Gasteiger partial charge in [-0.15, -0.1) is 0 Å². The molecule has 0 aromatic heterocycles. The Labute approximate surface area is 145 Å². The summed E-state index contributed by atoms with van der Waals surface area (Å²) in [4.78, 5) is 31.7. The van der Waals surface area contributed by atoms with Crippen LogP contribution in [0.2, 0.25) is 0 Å². The Kier molecular flexibility index (Phi) is 10.0. The molecule has 0 spiro atoms. The van der Waals surface area contributed by atoms with Gasteiger partial charge in [-0.05, 0) is 53.4 Å². The summed E-state index contributed by atoms with van der Waals surface area (Å²) in [6.45, 7) is 6.14. The van der Waals surface area contributed by atoms with Crippen LogP contribution < -0.4 is 14.7 Å². The molecule has 0 aliphatic heterocycles. The van der Waals surface area contributed by atoms with E-state index in [9.17, 15) is 23.8 Å². The molecule has 0 aromatic carbocycles. The summed E-state index contributed by atoms with van der Waals surface area (Å²) in [6.07, 6.45) is 8.69. The van der Waals surface area contributed by atoms with E-state index in [1.807, 2.05) is 20.8 Å². The van der Waals surface area contributed by atoms with Crippen LogP contribution in [0.4, 0.5) is 0 Å². The first-order valence-corrected chi connectivity index (χ1v) is 10.3. The van der Waals surface area contributed by atoms with Crippen molar-refractivity contribution in [2.75, 3.05) is 6.58 Å². The number of rotatable bonds is 11. The van der Waals surface area contributed by atoms with Gasteiger partial charge in [0.2, 0.25) is 0 Å². The zero-order chi connectivity index (χ0) is 19.7. The molecule has 7 nitrogen and oxygen atoms in total. The van der Waals surface area contributed by atoms with Crippen molar-refractivity contribution < 1.29 is 34.0 Å². The summed E-state index contributed by atoms with van der Waals surface area (Å²) in [5.41, 5.74) is 3.21. The lowest BCUT2D eigenvalue weighted by molar-refractivity contribution is -0.339. The van der Waals surface area contributed by atoms with Crippen molar-refractivity contribution in [3.63, 3.8) is 0 Å². The fourth-order valence-corrected chi connectivity index (χ4v) is 3.03. The van der Waals surface area contributed by atoms with Crippen molar-refractivity contribution in [3.8, 4) is 0 Å². The zero-order valence-electron chi connectivity index (χ0n) is 15.4. The molecular formula is C15H25O7P2-3. The third-order valence-corrected chi connectivity index (χ3v) is 4.85. The molecule has 2 unspecified atom stereocenters. The Morgan fingerprint density at radius 1 is 0.958 bits per heavy atom. The van der Waals surface area contributed by atoms with Crippen LogP contribution in [0, 0.1) is 0 Å². The molecule has 0 radical (unpaired) electrons. The zero-order valence-corrected chi connectivity index (χ0v) is 16.2. The van der Waals surface area contributed by atoms with E-state index in [0.29, 0.717) is 12.0 Å². The van der Waals surface area contributed by atoms with Crippen LogP contribution in [-0.4, -0.2) is 6.58 Å². The number of allylic oxidation sites excluding steroid dienone is 5. The van der Waals surface area contributed by atoms with Crippen LogP contribution in [0.1, 0.15) is 54.7 Å². The molecule has 0 saturated carbocycles. The average Bonchev–Trinajstić information content (AvgIpc) is 2.33. The topological polar surface area (TPSA) is 122 Å². The maximum atomic E-state index is 11.1.